The van der Waals surface area contributed by atoms with Gasteiger partial charge in [0, 0.05) is 30.7 Å². The van der Waals surface area contributed by atoms with Crippen LogP contribution in [0, 0.1) is 0 Å². The first-order valence-corrected chi connectivity index (χ1v) is 7.70. The van der Waals surface area contributed by atoms with Gasteiger partial charge in [-0.05, 0) is 36.6 Å². The van der Waals surface area contributed by atoms with Crippen LogP contribution in [-0.2, 0) is 22.6 Å². The molecule has 2 amide bonds. The molecule has 118 valence electrons. The van der Waals surface area contributed by atoms with Gasteiger partial charge in [-0.1, -0.05) is 24.3 Å². The number of carbonyl (C=O) groups is 2. The molecule has 5 nitrogen and oxygen atoms in total. The summed E-state index contributed by atoms with van der Waals surface area (Å²) in [4.78, 5) is 30.2. The number of fused-ring (bicyclic) bond motifs is 1. The van der Waals surface area contributed by atoms with E-state index in [1.807, 2.05) is 43.3 Å². The third kappa shape index (κ3) is 3.39. The first kappa shape index (κ1) is 15.2. The predicted octanol–water partition coefficient (Wildman–Crippen LogP) is 2.07. The molecule has 5 heteroatoms. The zero-order valence-corrected chi connectivity index (χ0v) is 13.0. The lowest BCUT2D eigenvalue weighted by Crippen LogP contribution is -2.39. The molecule has 0 spiro atoms. The fourth-order valence-corrected chi connectivity index (χ4v) is 2.93. The second-order valence-corrected chi connectivity index (χ2v) is 5.76. The number of pyridine rings is 1. The van der Waals surface area contributed by atoms with Gasteiger partial charge in [0.05, 0.1) is 0 Å². The third-order valence-corrected chi connectivity index (χ3v) is 4.00. The molecule has 0 aliphatic carbocycles. The lowest BCUT2D eigenvalue weighted by Gasteiger charge is -2.22. The van der Waals surface area contributed by atoms with E-state index >= 15 is 0 Å². The number of nitrogens with one attached hydrogen (secondary N) is 1. The molecule has 0 saturated heterocycles. The number of hydrogen-bond donors (Lipinski definition) is 1. The Morgan fingerprint density at radius 3 is 2.87 bits per heavy atom. The molecular weight excluding hydrogens is 290 g/mol. The van der Waals surface area contributed by atoms with Crippen molar-refractivity contribution < 1.29 is 9.59 Å². The van der Waals surface area contributed by atoms with Crippen LogP contribution in [0.2, 0.25) is 0 Å². The summed E-state index contributed by atoms with van der Waals surface area (Å²) in [6, 6.07) is 11.6. The van der Waals surface area contributed by atoms with Gasteiger partial charge >= 0.3 is 0 Å². The van der Waals surface area contributed by atoms with E-state index in [1.165, 1.54) is 0 Å². The van der Waals surface area contributed by atoms with Gasteiger partial charge < -0.3 is 10.2 Å². The Bertz CT molecular complexity index is 715. The molecule has 1 atom stereocenters. The first-order chi connectivity index (χ1) is 11.1. The van der Waals surface area contributed by atoms with Crippen LogP contribution in [0.5, 0.6) is 0 Å². The number of anilines is 1. The van der Waals surface area contributed by atoms with Crippen LogP contribution in [0.15, 0.2) is 48.8 Å². The topological polar surface area (TPSA) is 62.3 Å². The van der Waals surface area contributed by atoms with Crippen molar-refractivity contribution in [3.05, 3.63) is 59.9 Å². The van der Waals surface area contributed by atoms with Crippen molar-refractivity contribution in [2.45, 2.75) is 32.4 Å². The van der Waals surface area contributed by atoms with Gasteiger partial charge in [-0.2, -0.15) is 0 Å². The molecule has 1 aliphatic rings. The van der Waals surface area contributed by atoms with E-state index in [0.717, 1.165) is 23.2 Å². The number of nitrogens with zero attached hydrogens (tertiary/aromatic N) is 2. The number of aromatic nitrogens is 1. The van der Waals surface area contributed by atoms with E-state index in [0.29, 0.717) is 6.54 Å². The van der Waals surface area contributed by atoms with Gasteiger partial charge in [-0.3, -0.25) is 14.6 Å². The molecule has 0 bridgehead atoms. The summed E-state index contributed by atoms with van der Waals surface area (Å²) in [5.41, 5.74) is 2.99. The normalized spacial score (nSPS) is 16.0. The highest BCUT2D eigenvalue weighted by Gasteiger charge is 2.31. The van der Waals surface area contributed by atoms with Crippen molar-refractivity contribution in [1.82, 2.24) is 10.3 Å². The number of rotatable bonds is 4. The Balaban J connectivity index is 1.60. The van der Waals surface area contributed by atoms with Gasteiger partial charge in [0.2, 0.25) is 11.8 Å². The predicted molar refractivity (Wildman–Crippen MR) is 87.8 cm³/mol. The second kappa shape index (κ2) is 6.60. The maximum absolute atomic E-state index is 12.5. The number of amides is 2. The molecule has 1 unspecified atom stereocenters. The summed E-state index contributed by atoms with van der Waals surface area (Å²) in [6.45, 7) is 2.39. The van der Waals surface area contributed by atoms with Gasteiger partial charge in [0.15, 0.2) is 0 Å². The maximum atomic E-state index is 12.5. The highest BCUT2D eigenvalue weighted by atomic mass is 16.2. The van der Waals surface area contributed by atoms with Gasteiger partial charge in [0.25, 0.3) is 0 Å². The Hall–Kier alpha value is -2.69. The molecule has 1 N–H and O–H groups in total. The van der Waals surface area contributed by atoms with Crippen LogP contribution >= 0.6 is 0 Å². The van der Waals surface area contributed by atoms with E-state index in [4.69, 9.17) is 0 Å². The van der Waals surface area contributed by atoms with Crippen molar-refractivity contribution >= 4 is 17.5 Å². The SMILES string of the molecule is CC1Cc2ccccc2N1C(=O)CC(=O)NCc1cccnc1. The minimum absolute atomic E-state index is 0.0889. The van der Waals surface area contributed by atoms with E-state index < -0.39 is 0 Å². The molecule has 0 fully saturated rings. The molecular formula is C18H19N3O2. The number of para-hydroxylation sites is 1. The minimum Gasteiger partial charge on any atom is -0.352 e. The van der Waals surface area contributed by atoms with E-state index in [-0.39, 0.29) is 24.3 Å². The molecule has 23 heavy (non-hydrogen) atoms. The summed E-state index contributed by atoms with van der Waals surface area (Å²) >= 11 is 0. The summed E-state index contributed by atoms with van der Waals surface area (Å²) in [5.74, 6) is -0.429. The molecule has 2 heterocycles. The summed E-state index contributed by atoms with van der Waals surface area (Å²) in [6.07, 6.45) is 4.07. The molecule has 1 aromatic heterocycles. The van der Waals surface area contributed by atoms with Crippen molar-refractivity contribution in [3.8, 4) is 0 Å². The van der Waals surface area contributed by atoms with E-state index in [1.54, 1.807) is 17.3 Å². The second-order valence-electron chi connectivity index (χ2n) is 5.76. The standard InChI is InChI=1S/C18H19N3O2/c1-13-9-15-6-2-3-7-16(15)21(13)18(23)10-17(22)20-12-14-5-4-8-19-11-14/h2-8,11,13H,9-10,12H2,1H3,(H,20,22). The third-order valence-electron chi connectivity index (χ3n) is 4.00. The Morgan fingerprint density at radius 2 is 2.09 bits per heavy atom. The summed E-state index contributed by atoms with van der Waals surface area (Å²) < 4.78 is 0. The highest BCUT2D eigenvalue weighted by Crippen LogP contribution is 2.32. The molecule has 0 radical (unpaired) electrons. The quantitative estimate of drug-likeness (QED) is 0.879. The minimum atomic E-state index is -0.268. The average molecular weight is 309 g/mol. The lowest BCUT2D eigenvalue weighted by atomic mass is 10.1. The largest absolute Gasteiger partial charge is 0.352 e. The first-order valence-electron chi connectivity index (χ1n) is 7.70. The number of hydrogen-bond acceptors (Lipinski definition) is 3. The molecule has 3 rings (SSSR count). The molecule has 2 aromatic rings. The van der Waals surface area contributed by atoms with Gasteiger partial charge in [-0.25, -0.2) is 0 Å². The fraction of sp³-hybridized carbons (Fsp3) is 0.278. The summed E-state index contributed by atoms with van der Waals surface area (Å²) in [5, 5.41) is 2.77. The van der Waals surface area contributed by atoms with E-state index in [2.05, 4.69) is 10.3 Å². The Kier molecular flexibility index (Phi) is 4.37. The number of carbonyl (C=O) groups excluding carboxylic acids is 2. The monoisotopic (exact) mass is 309 g/mol. The average Bonchev–Trinajstić information content (AvgIpc) is 2.89. The van der Waals surface area contributed by atoms with Crippen LogP contribution in [0.25, 0.3) is 0 Å². The van der Waals surface area contributed by atoms with Crippen molar-refractivity contribution in [3.63, 3.8) is 0 Å². The van der Waals surface area contributed by atoms with Crippen molar-refractivity contribution in [2.24, 2.45) is 0 Å². The van der Waals surface area contributed by atoms with Crippen LogP contribution in [-0.4, -0.2) is 22.8 Å². The number of benzene rings is 1. The zero-order chi connectivity index (χ0) is 16.2. The van der Waals surface area contributed by atoms with Crippen LogP contribution < -0.4 is 10.2 Å². The highest BCUT2D eigenvalue weighted by molar-refractivity contribution is 6.06. The molecule has 0 saturated carbocycles. The molecule has 1 aliphatic heterocycles. The Morgan fingerprint density at radius 1 is 1.26 bits per heavy atom. The smallest absolute Gasteiger partial charge is 0.236 e. The van der Waals surface area contributed by atoms with Crippen LogP contribution in [0.4, 0.5) is 5.69 Å². The molecule has 1 aromatic carbocycles. The zero-order valence-electron chi connectivity index (χ0n) is 13.0. The lowest BCUT2D eigenvalue weighted by molar-refractivity contribution is -0.128. The van der Waals surface area contributed by atoms with Crippen LogP contribution in [0.1, 0.15) is 24.5 Å². The Labute approximate surface area is 135 Å². The maximum Gasteiger partial charge on any atom is 0.236 e. The van der Waals surface area contributed by atoms with Gasteiger partial charge in [-0.15, -0.1) is 0 Å². The van der Waals surface area contributed by atoms with Crippen molar-refractivity contribution in [1.29, 1.82) is 0 Å². The van der Waals surface area contributed by atoms with Crippen molar-refractivity contribution in [2.75, 3.05) is 4.90 Å². The van der Waals surface area contributed by atoms with Gasteiger partial charge in [0.1, 0.15) is 6.42 Å². The van der Waals surface area contributed by atoms with E-state index in [9.17, 15) is 9.59 Å². The fourth-order valence-electron chi connectivity index (χ4n) is 2.93. The summed E-state index contributed by atoms with van der Waals surface area (Å²) in [7, 11) is 0. The van der Waals surface area contributed by atoms with Crippen LogP contribution in [0.3, 0.4) is 0 Å².